The summed E-state index contributed by atoms with van der Waals surface area (Å²) in [4.78, 5) is 10.7. The Morgan fingerprint density at radius 3 is 2.60 bits per heavy atom. The molecule has 0 aliphatic carbocycles. The topological polar surface area (TPSA) is 26.3 Å². The van der Waals surface area contributed by atoms with Gasteiger partial charge in [0.25, 0.3) is 0 Å². The van der Waals surface area contributed by atoms with Gasteiger partial charge in [0, 0.05) is 5.03 Å². The molecule has 0 saturated carbocycles. The largest absolute Gasteiger partial charge is 0.435 e. The monoisotopic (exact) mass is 160 g/mol. The van der Waals surface area contributed by atoms with Gasteiger partial charge in [0.2, 0.25) is 0 Å². The third kappa shape index (κ3) is 2.69. The van der Waals surface area contributed by atoms with E-state index in [1.54, 1.807) is 6.92 Å². The van der Waals surface area contributed by atoms with Gasteiger partial charge >= 0.3 is 5.97 Å². The number of halogens is 1. The minimum atomic E-state index is -0.473. The van der Waals surface area contributed by atoms with Crippen molar-refractivity contribution in [3.8, 4) is 0 Å². The quantitative estimate of drug-likeness (QED) is 0.467. The summed E-state index contributed by atoms with van der Waals surface area (Å²) >= 11 is 5.43. The molecule has 0 heterocycles. The van der Waals surface area contributed by atoms with Gasteiger partial charge in [0.05, 0.1) is 12.2 Å². The molecular weight excluding hydrogens is 152 g/mol. The van der Waals surface area contributed by atoms with Crippen LogP contribution in [0.1, 0.15) is 6.92 Å². The molecule has 10 heavy (non-hydrogen) atoms. The van der Waals surface area contributed by atoms with Crippen molar-refractivity contribution < 1.29 is 9.53 Å². The SMILES string of the molecule is C=COC(=O)C(C)C(=C)Cl. The molecule has 0 aromatic rings. The van der Waals surface area contributed by atoms with Crippen molar-refractivity contribution >= 4 is 17.6 Å². The fourth-order valence-corrected chi connectivity index (χ4v) is 0.401. The molecule has 1 atom stereocenters. The van der Waals surface area contributed by atoms with Crippen LogP contribution < -0.4 is 0 Å². The lowest BCUT2D eigenvalue weighted by Gasteiger charge is -2.04. The van der Waals surface area contributed by atoms with E-state index in [1.165, 1.54) is 0 Å². The van der Waals surface area contributed by atoms with Gasteiger partial charge < -0.3 is 4.74 Å². The van der Waals surface area contributed by atoms with Crippen LogP contribution in [-0.2, 0) is 9.53 Å². The number of rotatable bonds is 3. The zero-order valence-corrected chi connectivity index (χ0v) is 6.52. The van der Waals surface area contributed by atoms with E-state index in [4.69, 9.17) is 11.6 Å². The summed E-state index contributed by atoms with van der Waals surface area (Å²) in [5.74, 6) is -0.908. The summed E-state index contributed by atoms with van der Waals surface area (Å²) in [6.45, 7) is 8.23. The van der Waals surface area contributed by atoms with Crippen molar-refractivity contribution in [2.45, 2.75) is 6.92 Å². The van der Waals surface area contributed by atoms with Crippen LogP contribution in [0.2, 0.25) is 0 Å². The van der Waals surface area contributed by atoms with Crippen LogP contribution in [0.3, 0.4) is 0 Å². The van der Waals surface area contributed by atoms with Crippen molar-refractivity contribution in [2.24, 2.45) is 5.92 Å². The molecule has 0 bridgehead atoms. The van der Waals surface area contributed by atoms with Gasteiger partial charge in [-0.3, -0.25) is 4.79 Å². The highest BCUT2D eigenvalue weighted by atomic mass is 35.5. The summed E-state index contributed by atoms with van der Waals surface area (Å²) in [6.07, 6.45) is 1.07. The molecule has 0 rings (SSSR count). The second-order valence-corrected chi connectivity index (χ2v) is 2.26. The summed E-state index contributed by atoms with van der Waals surface area (Å²) in [6, 6.07) is 0. The molecule has 0 radical (unpaired) electrons. The first-order valence-electron chi connectivity index (χ1n) is 2.75. The Bertz CT molecular complexity index is 163. The van der Waals surface area contributed by atoms with E-state index in [1.807, 2.05) is 0 Å². The van der Waals surface area contributed by atoms with Crippen LogP contribution in [0.4, 0.5) is 0 Å². The highest BCUT2D eigenvalue weighted by Crippen LogP contribution is 2.13. The van der Waals surface area contributed by atoms with Crippen molar-refractivity contribution in [3.05, 3.63) is 24.5 Å². The molecule has 0 fully saturated rings. The van der Waals surface area contributed by atoms with Gasteiger partial charge in [-0.1, -0.05) is 24.8 Å². The Hall–Kier alpha value is -0.760. The van der Waals surface area contributed by atoms with E-state index in [-0.39, 0.29) is 5.03 Å². The number of carbonyl (C=O) groups is 1. The summed E-state index contributed by atoms with van der Waals surface area (Å²) in [5, 5.41) is 0.270. The number of carbonyl (C=O) groups excluding carboxylic acids is 1. The Morgan fingerprint density at radius 1 is 1.80 bits per heavy atom. The molecule has 3 heteroatoms. The Balaban J connectivity index is 3.94. The molecule has 0 aromatic carbocycles. The lowest BCUT2D eigenvalue weighted by molar-refractivity contribution is -0.140. The van der Waals surface area contributed by atoms with E-state index in [0.717, 1.165) is 6.26 Å². The third-order valence-corrected chi connectivity index (χ3v) is 1.35. The van der Waals surface area contributed by atoms with Crippen LogP contribution in [0.15, 0.2) is 24.5 Å². The highest BCUT2D eigenvalue weighted by Gasteiger charge is 2.14. The molecule has 0 spiro atoms. The first-order valence-corrected chi connectivity index (χ1v) is 3.13. The average molecular weight is 161 g/mol. The smallest absolute Gasteiger partial charge is 0.318 e. The van der Waals surface area contributed by atoms with E-state index in [0.29, 0.717) is 0 Å². The van der Waals surface area contributed by atoms with Crippen LogP contribution in [0.25, 0.3) is 0 Å². The fourth-order valence-electron chi connectivity index (χ4n) is 0.312. The number of hydrogen-bond donors (Lipinski definition) is 0. The lowest BCUT2D eigenvalue weighted by atomic mass is 10.2. The standard InChI is InChI=1S/C7H9ClO2/c1-4-10-7(9)5(2)6(3)8/h4-5H,1,3H2,2H3. The highest BCUT2D eigenvalue weighted by molar-refractivity contribution is 6.30. The summed E-state index contributed by atoms with van der Waals surface area (Å²) in [7, 11) is 0. The van der Waals surface area contributed by atoms with Crippen LogP contribution in [0, 0.1) is 5.92 Å². The number of ether oxygens (including phenoxy) is 1. The van der Waals surface area contributed by atoms with Crippen LogP contribution in [0.5, 0.6) is 0 Å². The zero-order chi connectivity index (χ0) is 8.15. The van der Waals surface area contributed by atoms with Crippen LogP contribution in [-0.4, -0.2) is 5.97 Å². The van der Waals surface area contributed by atoms with E-state index in [9.17, 15) is 4.79 Å². The molecule has 1 unspecified atom stereocenters. The van der Waals surface area contributed by atoms with Gasteiger partial charge in [-0.2, -0.15) is 0 Å². The Labute approximate surface area is 65.1 Å². The van der Waals surface area contributed by atoms with Gasteiger partial charge in [0.1, 0.15) is 0 Å². The molecule has 0 saturated heterocycles. The minimum absolute atomic E-state index is 0.270. The molecular formula is C7H9ClO2. The summed E-state index contributed by atoms with van der Waals surface area (Å²) in [5.41, 5.74) is 0. The van der Waals surface area contributed by atoms with E-state index < -0.39 is 11.9 Å². The van der Waals surface area contributed by atoms with Crippen molar-refractivity contribution in [2.75, 3.05) is 0 Å². The first-order chi connectivity index (χ1) is 4.59. The predicted octanol–water partition coefficient (Wildman–Crippen LogP) is 2.06. The Kier molecular flexibility index (Phi) is 3.81. The maximum absolute atomic E-state index is 10.7. The van der Waals surface area contributed by atoms with Gasteiger partial charge in [0.15, 0.2) is 0 Å². The fraction of sp³-hybridized carbons (Fsp3) is 0.286. The maximum Gasteiger partial charge on any atom is 0.318 e. The first kappa shape index (κ1) is 9.24. The number of esters is 1. The average Bonchev–Trinajstić information content (AvgIpc) is 1.87. The molecule has 56 valence electrons. The van der Waals surface area contributed by atoms with E-state index >= 15 is 0 Å². The number of hydrogen-bond acceptors (Lipinski definition) is 2. The minimum Gasteiger partial charge on any atom is -0.435 e. The normalized spacial score (nSPS) is 11.8. The van der Waals surface area contributed by atoms with Gasteiger partial charge in [-0.05, 0) is 6.92 Å². The Morgan fingerprint density at radius 2 is 2.30 bits per heavy atom. The predicted molar refractivity (Wildman–Crippen MR) is 40.4 cm³/mol. The molecule has 0 amide bonds. The van der Waals surface area contributed by atoms with E-state index in [2.05, 4.69) is 17.9 Å². The van der Waals surface area contributed by atoms with Crippen molar-refractivity contribution in [3.63, 3.8) is 0 Å². The van der Waals surface area contributed by atoms with Gasteiger partial charge in [-0.25, -0.2) is 0 Å². The molecule has 0 aliphatic rings. The van der Waals surface area contributed by atoms with Crippen molar-refractivity contribution in [1.82, 2.24) is 0 Å². The molecule has 0 aromatic heterocycles. The lowest BCUT2D eigenvalue weighted by Crippen LogP contribution is -2.11. The third-order valence-electron chi connectivity index (χ3n) is 1.02. The second-order valence-electron chi connectivity index (χ2n) is 1.77. The molecule has 0 aliphatic heterocycles. The maximum atomic E-state index is 10.7. The summed E-state index contributed by atoms with van der Waals surface area (Å²) < 4.78 is 4.44. The molecule has 0 N–H and O–H groups in total. The zero-order valence-electron chi connectivity index (χ0n) is 5.76. The van der Waals surface area contributed by atoms with Gasteiger partial charge in [-0.15, -0.1) is 0 Å². The second kappa shape index (κ2) is 4.12. The van der Waals surface area contributed by atoms with Crippen molar-refractivity contribution in [1.29, 1.82) is 0 Å². The van der Waals surface area contributed by atoms with Crippen LogP contribution >= 0.6 is 11.6 Å². The molecule has 2 nitrogen and oxygen atoms in total.